The zero-order valence-corrected chi connectivity index (χ0v) is 14.9. The van der Waals surface area contributed by atoms with Crippen LogP contribution >= 0.6 is 0 Å². The van der Waals surface area contributed by atoms with E-state index in [0.29, 0.717) is 23.8 Å². The third-order valence-corrected chi connectivity index (χ3v) is 4.27. The fraction of sp³-hybridized carbons (Fsp3) is 0.333. The number of halogens is 1. The van der Waals surface area contributed by atoms with Crippen LogP contribution < -0.4 is 10.6 Å². The molecule has 0 aliphatic carbocycles. The van der Waals surface area contributed by atoms with E-state index in [2.05, 4.69) is 48.2 Å². The summed E-state index contributed by atoms with van der Waals surface area (Å²) in [4.78, 5) is 4.46. The van der Waals surface area contributed by atoms with Gasteiger partial charge in [0.1, 0.15) is 18.2 Å². The van der Waals surface area contributed by atoms with Crippen LogP contribution in [0.1, 0.15) is 49.3 Å². The van der Waals surface area contributed by atoms with Gasteiger partial charge in [0.2, 0.25) is 0 Å². The van der Waals surface area contributed by atoms with Crippen molar-refractivity contribution in [2.45, 2.75) is 45.8 Å². The van der Waals surface area contributed by atoms with Crippen LogP contribution in [-0.4, -0.2) is 0 Å². The molecule has 1 atom stereocenters. The maximum atomic E-state index is 13.8. The van der Waals surface area contributed by atoms with E-state index < -0.39 is 0 Å². The summed E-state index contributed by atoms with van der Waals surface area (Å²) >= 11 is 0. The van der Waals surface area contributed by atoms with Crippen molar-refractivity contribution in [2.24, 2.45) is 5.90 Å². The molecule has 0 fully saturated rings. The van der Waals surface area contributed by atoms with Crippen LogP contribution in [0.3, 0.4) is 0 Å². The van der Waals surface area contributed by atoms with Crippen LogP contribution in [0.5, 0.6) is 5.75 Å². The minimum atomic E-state index is -0.381. The largest absolute Gasteiger partial charge is 0.489 e. The second-order valence-corrected chi connectivity index (χ2v) is 6.00. The molecule has 0 aliphatic heterocycles. The van der Waals surface area contributed by atoms with Gasteiger partial charge in [-0.25, -0.2) is 10.3 Å². The Morgan fingerprint density at radius 2 is 1.88 bits per heavy atom. The minimum Gasteiger partial charge on any atom is -0.489 e. The highest BCUT2D eigenvalue weighted by molar-refractivity contribution is 5.30. The molecule has 3 nitrogen and oxygen atoms in total. The Labute approximate surface area is 149 Å². The molecule has 134 valence electrons. The number of nitrogens with two attached hydrogens (primary N) is 1. The van der Waals surface area contributed by atoms with Gasteiger partial charge in [-0.05, 0) is 42.9 Å². The van der Waals surface area contributed by atoms with E-state index in [1.807, 2.05) is 6.92 Å². The standard InChI is InChI=1S/C21H26FNO2/c1-3-5-6-17(4-2)18-9-7-16(8-10-18)14-24-20-12-11-19(15-25-23)21(22)13-20/h3,5,7-13,17H,4,6,14-15,23H2,1-2H3/b5-3-. The van der Waals surface area contributed by atoms with Crippen molar-refractivity contribution in [3.05, 3.63) is 77.1 Å². The van der Waals surface area contributed by atoms with Crippen LogP contribution in [-0.2, 0) is 18.1 Å². The molecule has 0 aliphatic rings. The molecule has 0 saturated carbocycles. The molecule has 0 saturated heterocycles. The number of allylic oxidation sites excluding steroid dienone is 2. The zero-order valence-electron chi connectivity index (χ0n) is 14.9. The van der Waals surface area contributed by atoms with E-state index in [4.69, 9.17) is 10.6 Å². The van der Waals surface area contributed by atoms with E-state index in [0.717, 1.165) is 18.4 Å². The Bertz CT molecular complexity index is 683. The third kappa shape index (κ3) is 5.69. The SMILES string of the molecule is C/C=C\CC(CC)c1ccc(COc2ccc(CON)c(F)c2)cc1. The van der Waals surface area contributed by atoms with Crippen LogP contribution in [0, 0.1) is 5.82 Å². The van der Waals surface area contributed by atoms with Crippen molar-refractivity contribution < 1.29 is 14.0 Å². The lowest BCUT2D eigenvalue weighted by Crippen LogP contribution is -2.02. The molecular weight excluding hydrogens is 317 g/mol. The predicted molar refractivity (Wildman–Crippen MR) is 98.6 cm³/mol. The molecule has 2 N–H and O–H groups in total. The summed E-state index contributed by atoms with van der Waals surface area (Å²) < 4.78 is 19.5. The Morgan fingerprint density at radius 3 is 2.48 bits per heavy atom. The number of hydrogen-bond acceptors (Lipinski definition) is 3. The van der Waals surface area contributed by atoms with Gasteiger partial charge in [0, 0.05) is 11.6 Å². The molecule has 2 aromatic carbocycles. The fourth-order valence-corrected chi connectivity index (χ4v) is 2.72. The summed E-state index contributed by atoms with van der Waals surface area (Å²) in [5, 5.41) is 0. The van der Waals surface area contributed by atoms with Gasteiger partial charge in [-0.15, -0.1) is 0 Å². The summed E-state index contributed by atoms with van der Waals surface area (Å²) in [5.41, 5.74) is 2.80. The second-order valence-electron chi connectivity index (χ2n) is 6.00. The highest BCUT2D eigenvalue weighted by atomic mass is 19.1. The molecule has 0 bridgehead atoms. The van der Waals surface area contributed by atoms with Gasteiger partial charge in [-0.3, -0.25) is 4.84 Å². The lowest BCUT2D eigenvalue weighted by molar-refractivity contribution is 0.121. The molecule has 0 amide bonds. The molecule has 0 aromatic heterocycles. The van der Waals surface area contributed by atoms with Gasteiger partial charge >= 0.3 is 0 Å². The van der Waals surface area contributed by atoms with Crippen molar-refractivity contribution in [2.75, 3.05) is 0 Å². The van der Waals surface area contributed by atoms with Gasteiger partial charge in [0.15, 0.2) is 0 Å². The lowest BCUT2D eigenvalue weighted by atomic mass is 9.92. The molecule has 0 spiro atoms. The molecule has 2 aromatic rings. The van der Waals surface area contributed by atoms with Gasteiger partial charge in [0.25, 0.3) is 0 Å². The number of benzene rings is 2. The molecule has 0 heterocycles. The molecule has 0 radical (unpaired) electrons. The average molecular weight is 343 g/mol. The predicted octanol–water partition coefficient (Wildman–Crippen LogP) is 5.25. The lowest BCUT2D eigenvalue weighted by Gasteiger charge is -2.14. The Morgan fingerprint density at radius 1 is 1.12 bits per heavy atom. The second kappa shape index (κ2) is 9.97. The zero-order chi connectivity index (χ0) is 18.1. The fourth-order valence-electron chi connectivity index (χ4n) is 2.72. The smallest absolute Gasteiger partial charge is 0.132 e. The van der Waals surface area contributed by atoms with Crippen molar-refractivity contribution in [1.29, 1.82) is 0 Å². The summed E-state index contributed by atoms with van der Waals surface area (Å²) in [6.07, 6.45) is 6.47. The summed E-state index contributed by atoms with van der Waals surface area (Å²) in [6.45, 7) is 4.70. The van der Waals surface area contributed by atoms with Gasteiger partial charge in [-0.2, -0.15) is 0 Å². The van der Waals surface area contributed by atoms with Crippen LogP contribution in [0.4, 0.5) is 4.39 Å². The summed E-state index contributed by atoms with van der Waals surface area (Å²) in [5.74, 6) is 5.62. The molecule has 4 heteroatoms. The molecule has 25 heavy (non-hydrogen) atoms. The summed E-state index contributed by atoms with van der Waals surface area (Å²) in [7, 11) is 0. The first-order chi connectivity index (χ1) is 12.2. The van der Waals surface area contributed by atoms with Crippen LogP contribution in [0.15, 0.2) is 54.6 Å². The average Bonchev–Trinajstić information content (AvgIpc) is 2.64. The van der Waals surface area contributed by atoms with E-state index in [1.165, 1.54) is 11.6 Å². The monoisotopic (exact) mass is 343 g/mol. The normalized spacial score (nSPS) is 12.5. The van der Waals surface area contributed by atoms with E-state index in [9.17, 15) is 4.39 Å². The van der Waals surface area contributed by atoms with Crippen molar-refractivity contribution in [3.8, 4) is 5.75 Å². The quantitative estimate of drug-likeness (QED) is 0.499. The van der Waals surface area contributed by atoms with Crippen molar-refractivity contribution in [1.82, 2.24) is 0 Å². The first kappa shape index (κ1) is 19.2. The highest BCUT2D eigenvalue weighted by Crippen LogP contribution is 2.24. The first-order valence-electron chi connectivity index (χ1n) is 8.60. The van der Waals surface area contributed by atoms with Crippen molar-refractivity contribution >= 4 is 0 Å². The summed E-state index contributed by atoms with van der Waals surface area (Å²) in [6, 6.07) is 13.1. The maximum absolute atomic E-state index is 13.8. The van der Waals surface area contributed by atoms with Gasteiger partial charge in [-0.1, -0.05) is 49.4 Å². The topological polar surface area (TPSA) is 44.5 Å². The number of rotatable bonds is 9. The molecule has 2 rings (SSSR count). The Balaban J connectivity index is 1.96. The number of ether oxygens (including phenoxy) is 1. The highest BCUT2D eigenvalue weighted by Gasteiger charge is 2.08. The van der Waals surface area contributed by atoms with Crippen molar-refractivity contribution in [3.63, 3.8) is 0 Å². The Kier molecular flexibility index (Phi) is 7.64. The maximum Gasteiger partial charge on any atom is 0.132 e. The Hall–Kier alpha value is -2.17. The van der Waals surface area contributed by atoms with E-state index >= 15 is 0 Å². The van der Waals surface area contributed by atoms with E-state index in [1.54, 1.807) is 12.1 Å². The molecular formula is C21H26FNO2. The third-order valence-electron chi connectivity index (χ3n) is 4.27. The first-order valence-corrected chi connectivity index (χ1v) is 8.60. The van der Waals surface area contributed by atoms with Gasteiger partial charge in [0.05, 0.1) is 6.61 Å². The minimum absolute atomic E-state index is 0.0411. The molecule has 1 unspecified atom stereocenters. The van der Waals surface area contributed by atoms with E-state index in [-0.39, 0.29) is 12.4 Å². The van der Waals surface area contributed by atoms with Crippen LogP contribution in [0.25, 0.3) is 0 Å². The number of hydrogen-bond donors (Lipinski definition) is 1. The van der Waals surface area contributed by atoms with Crippen LogP contribution in [0.2, 0.25) is 0 Å². The van der Waals surface area contributed by atoms with Gasteiger partial charge < -0.3 is 4.74 Å².